The van der Waals surface area contributed by atoms with Gasteiger partial charge in [-0.25, -0.2) is 4.99 Å². The molecule has 0 aliphatic carbocycles. The van der Waals surface area contributed by atoms with Gasteiger partial charge in [0.25, 0.3) is 0 Å². The fourth-order valence-electron chi connectivity index (χ4n) is 7.72. The van der Waals surface area contributed by atoms with Gasteiger partial charge in [-0.3, -0.25) is 5.32 Å². The van der Waals surface area contributed by atoms with Gasteiger partial charge in [0, 0.05) is 49.0 Å². The van der Waals surface area contributed by atoms with E-state index in [4.69, 9.17) is 18.2 Å². The Morgan fingerprint density at radius 2 is 0.961 bits per heavy atom. The first-order valence-corrected chi connectivity index (χ1v) is 17.2. The lowest BCUT2D eigenvalue weighted by Crippen LogP contribution is -2.44. The van der Waals surface area contributed by atoms with Gasteiger partial charge in [-0.1, -0.05) is 127 Å². The summed E-state index contributed by atoms with van der Waals surface area (Å²) in [6.07, 6.45) is -0.554. The topological polar surface area (TPSA) is 75.8 Å². The van der Waals surface area contributed by atoms with E-state index in [0.29, 0.717) is 0 Å². The number of rotatable bonds is 4. The zero-order valence-corrected chi connectivity index (χ0v) is 27.3. The summed E-state index contributed by atoms with van der Waals surface area (Å²) >= 11 is 0. The molecule has 0 saturated carbocycles. The number of para-hydroxylation sites is 4. The van der Waals surface area contributed by atoms with E-state index < -0.39 is 0 Å². The summed E-state index contributed by atoms with van der Waals surface area (Å²) < 4.78 is 19.4. The molecule has 7 aromatic carbocycles. The van der Waals surface area contributed by atoms with Crippen molar-refractivity contribution in [1.82, 2.24) is 10.6 Å². The molecular weight excluding hydrogens is 631 g/mol. The number of nitrogens with one attached hydrogen (secondary N) is 2. The van der Waals surface area contributed by atoms with Gasteiger partial charge in [-0.05, 0) is 35.4 Å². The summed E-state index contributed by atoms with van der Waals surface area (Å²) in [7, 11) is 0. The third-order valence-corrected chi connectivity index (χ3v) is 10.2. The van der Waals surface area contributed by atoms with E-state index in [-0.39, 0.29) is 12.3 Å². The van der Waals surface area contributed by atoms with Gasteiger partial charge in [0.05, 0.1) is 0 Å². The van der Waals surface area contributed by atoms with Crippen molar-refractivity contribution in [3.8, 4) is 11.1 Å². The normalized spacial score (nSPS) is 16.4. The molecule has 0 bridgehead atoms. The number of amidine groups is 1. The van der Waals surface area contributed by atoms with Crippen LogP contribution in [0.1, 0.15) is 29.0 Å². The molecule has 2 N–H and O–H groups in total. The number of aliphatic imine (C=N–C) groups is 1. The van der Waals surface area contributed by atoms with Crippen LogP contribution in [-0.2, 0) is 0 Å². The molecule has 3 aromatic heterocycles. The first-order valence-electron chi connectivity index (χ1n) is 17.2. The van der Waals surface area contributed by atoms with E-state index >= 15 is 0 Å². The summed E-state index contributed by atoms with van der Waals surface area (Å²) in [4.78, 5) is 5.16. The van der Waals surface area contributed by atoms with E-state index in [1.54, 1.807) is 0 Å². The maximum absolute atomic E-state index is 6.75. The fourth-order valence-corrected chi connectivity index (χ4v) is 7.72. The largest absolute Gasteiger partial charge is 0.456 e. The highest BCUT2D eigenvalue weighted by molar-refractivity contribution is 6.15. The second kappa shape index (κ2) is 10.9. The Kier molecular flexibility index (Phi) is 6.05. The molecule has 2 unspecified atom stereocenters. The van der Waals surface area contributed by atoms with Crippen molar-refractivity contribution < 1.29 is 13.3 Å². The van der Waals surface area contributed by atoms with Crippen molar-refractivity contribution in [2.45, 2.75) is 12.3 Å². The smallest absolute Gasteiger partial charge is 0.143 e. The minimum Gasteiger partial charge on any atom is -0.456 e. The number of benzene rings is 7. The van der Waals surface area contributed by atoms with Crippen LogP contribution in [0.3, 0.4) is 0 Å². The highest BCUT2D eigenvalue weighted by Crippen LogP contribution is 2.41. The Morgan fingerprint density at radius 3 is 1.71 bits per heavy atom. The number of hydrogen-bond donors (Lipinski definition) is 2. The first kappa shape index (κ1) is 28.2. The molecule has 0 radical (unpaired) electrons. The number of fused-ring (bicyclic) bond motifs is 9. The Balaban J connectivity index is 1.01. The van der Waals surface area contributed by atoms with Crippen LogP contribution in [0.25, 0.3) is 76.9 Å². The van der Waals surface area contributed by atoms with Crippen LogP contribution >= 0.6 is 0 Å². The van der Waals surface area contributed by atoms with E-state index in [9.17, 15) is 0 Å². The monoisotopic (exact) mass is 659 g/mol. The molecular formula is C45H29N3O3. The van der Waals surface area contributed by atoms with Crippen molar-refractivity contribution in [1.29, 1.82) is 0 Å². The van der Waals surface area contributed by atoms with Gasteiger partial charge in [0.15, 0.2) is 0 Å². The van der Waals surface area contributed by atoms with E-state index in [1.165, 1.54) is 0 Å². The second-order valence-corrected chi connectivity index (χ2v) is 13.2. The predicted octanol–water partition coefficient (Wildman–Crippen LogP) is 11.4. The van der Waals surface area contributed by atoms with Crippen LogP contribution in [-0.4, -0.2) is 5.84 Å². The SMILES string of the molecule is c1ccc(C2=NC(c3ccc4c(c3)oc3ccccc34)NC(c3ccc4c(c3)oc3c(-c5cccc6c5oc5ccccc56)cccc34)N2)cc1. The maximum Gasteiger partial charge on any atom is 0.143 e. The Morgan fingerprint density at radius 1 is 0.431 bits per heavy atom. The molecule has 0 spiro atoms. The highest BCUT2D eigenvalue weighted by Gasteiger charge is 2.27. The van der Waals surface area contributed by atoms with Crippen molar-refractivity contribution in [3.05, 3.63) is 168 Å². The van der Waals surface area contributed by atoms with Crippen LogP contribution < -0.4 is 10.6 Å². The van der Waals surface area contributed by atoms with Crippen molar-refractivity contribution in [2.24, 2.45) is 4.99 Å². The highest BCUT2D eigenvalue weighted by atomic mass is 16.3. The predicted molar refractivity (Wildman–Crippen MR) is 205 cm³/mol. The molecule has 51 heavy (non-hydrogen) atoms. The van der Waals surface area contributed by atoms with Gasteiger partial charge in [-0.2, -0.15) is 0 Å². The number of hydrogen-bond acceptors (Lipinski definition) is 6. The molecule has 0 saturated heterocycles. The summed E-state index contributed by atoms with van der Waals surface area (Å²) in [6.45, 7) is 0. The molecule has 10 aromatic rings. The molecule has 0 amide bonds. The van der Waals surface area contributed by atoms with Gasteiger partial charge in [0.2, 0.25) is 0 Å². The third-order valence-electron chi connectivity index (χ3n) is 10.2. The summed E-state index contributed by atoms with van der Waals surface area (Å²) in [5, 5.41) is 14.0. The average molecular weight is 660 g/mol. The van der Waals surface area contributed by atoms with Gasteiger partial charge < -0.3 is 18.6 Å². The lowest BCUT2D eigenvalue weighted by molar-refractivity contribution is 0.409. The van der Waals surface area contributed by atoms with E-state index in [1.807, 2.05) is 54.6 Å². The second-order valence-electron chi connectivity index (χ2n) is 13.2. The van der Waals surface area contributed by atoms with Crippen LogP contribution in [0.4, 0.5) is 0 Å². The molecule has 6 nitrogen and oxygen atoms in total. The quantitative estimate of drug-likeness (QED) is 0.197. The molecule has 2 atom stereocenters. The third kappa shape index (κ3) is 4.43. The van der Waals surface area contributed by atoms with Crippen LogP contribution in [0.15, 0.2) is 170 Å². The zero-order chi connectivity index (χ0) is 33.5. The Hall–Kier alpha value is -6.63. The summed E-state index contributed by atoms with van der Waals surface area (Å²) in [6, 6.07) is 52.1. The minimum absolute atomic E-state index is 0.240. The lowest BCUT2D eigenvalue weighted by atomic mass is 9.99. The molecule has 1 aliphatic rings. The molecule has 242 valence electrons. The minimum atomic E-state index is -0.314. The van der Waals surface area contributed by atoms with Gasteiger partial charge >= 0.3 is 0 Å². The van der Waals surface area contributed by atoms with E-state index in [2.05, 4.69) is 108 Å². The molecule has 11 rings (SSSR count). The van der Waals surface area contributed by atoms with E-state index in [0.717, 1.165) is 99.5 Å². The molecule has 6 heteroatoms. The van der Waals surface area contributed by atoms with Crippen molar-refractivity contribution in [3.63, 3.8) is 0 Å². The van der Waals surface area contributed by atoms with Crippen molar-refractivity contribution >= 4 is 71.7 Å². The van der Waals surface area contributed by atoms with Crippen LogP contribution in [0.2, 0.25) is 0 Å². The van der Waals surface area contributed by atoms with Gasteiger partial charge in [0.1, 0.15) is 51.7 Å². The zero-order valence-electron chi connectivity index (χ0n) is 27.3. The summed E-state index contributed by atoms with van der Waals surface area (Å²) in [5.74, 6) is 0.819. The summed E-state index contributed by atoms with van der Waals surface area (Å²) in [5.41, 5.74) is 10.2. The fraction of sp³-hybridized carbons (Fsp3) is 0.0444. The standard InChI is InChI=1S/C45H29N3O3/c1-2-10-26(11-3-1)43-46-44(27-20-22-31-29-12-4-6-18-37(29)49-39(31)24-27)48-45(47-43)28-21-23-32-34-15-9-17-36(42(34)51-40(32)25-28)35-16-8-14-33-30-13-5-7-19-38(30)50-41(33)35/h1-25,44-45,48H,(H,46,47). The maximum atomic E-state index is 6.75. The molecule has 0 fully saturated rings. The molecule has 1 aliphatic heterocycles. The van der Waals surface area contributed by atoms with Crippen molar-refractivity contribution in [2.75, 3.05) is 0 Å². The first-order chi connectivity index (χ1) is 25.2. The van der Waals surface area contributed by atoms with Gasteiger partial charge in [-0.15, -0.1) is 0 Å². The molecule has 4 heterocycles. The number of nitrogens with zero attached hydrogens (tertiary/aromatic N) is 1. The van der Waals surface area contributed by atoms with Crippen LogP contribution in [0.5, 0.6) is 0 Å². The average Bonchev–Trinajstić information content (AvgIpc) is 3.88. The van der Waals surface area contributed by atoms with Crippen LogP contribution in [0, 0.1) is 0 Å². The Bertz CT molecular complexity index is 3000. The number of furan rings is 3. The lowest BCUT2D eigenvalue weighted by Gasteiger charge is -2.32. The Labute approximate surface area is 291 Å².